The Morgan fingerprint density at radius 1 is 1.29 bits per heavy atom. The summed E-state index contributed by atoms with van der Waals surface area (Å²) in [6, 6.07) is 2.37. The van der Waals surface area contributed by atoms with E-state index < -0.39 is 0 Å². The summed E-state index contributed by atoms with van der Waals surface area (Å²) < 4.78 is 1.97. The lowest BCUT2D eigenvalue weighted by Gasteiger charge is -2.43. The number of nitrogens with zero attached hydrogens (tertiary/aromatic N) is 3. The summed E-state index contributed by atoms with van der Waals surface area (Å²) in [6.45, 7) is 9.01. The van der Waals surface area contributed by atoms with Crippen LogP contribution in [0, 0.1) is 6.92 Å². The van der Waals surface area contributed by atoms with Gasteiger partial charge < -0.3 is 0 Å². The van der Waals surface area contributed by atoms with E-state index in [1.54, 1.807) is 0 Å². The Labute approximate surface area is 128 Å². The van der Waals surface area contributed by atoms with Gasteiger partial charge in [-0.25, -0.2) is 0 Å². The first-order valence-electron chi connectivity index (χ1n) is 8.16. The van der Waals surface area contributed by atoms with Gasteiger partial charge in [0.2, 0.25) is 0 Å². The summed E-state index contributed by atoms with van der Waals surface area (Å²) in [6.07, 6.45) is 6.21. The standard InChI is InChI=1S/C16H31N5/c1-13-11-14(20(4)19-13)12-15(18-17)16(2,3)21-9-7-5-6-8-10-21/h11,15,18H,5-10,12,17H2,1-4H3. The van der Waals surface area contributed by atoms with Crippen molar-refractivity contribution in [2.45, 2.75) is 64.5 Å². The molecular formula is C16H31N5. The summed E-state index contributed by atoms with van der Waals surface area (Å²) in [5.74, 6) is 5.90. The number of aryl methyl sites for hydroxylation is 2. The number of aromatic nitrogens is 2. The predicted octanol–water partition coefficient (Wildman–Crippen LogP) is 1.76. The highest BCUT2D eigenvalue weighted by atomic mass is 15.3. The van der Waals surface area contributed by atoms with E-state index >= 15 is 0 Å². The number of hydrogen-bond acceptors (Lipinski definition) is 4. The minimum Gasteiger partial charge on any atom is -0.297 e. The highest BCUT2D eigenvalue weighted by molar-refractivity contribution is 5.12. The number of nitrogens with one attached hydrogen (secondary N) is 1. The van der Waals surface area contributed by atoms with Crippen LogP contribution >= 0.6 is 0 Å². The van der Waals surface area contributed by atoms with Crippen molar-refractivity contribution in [2.75, 3.05) is 13.1 Å². The van der Waals surface area contributed by atoms with Crippen LogP contribution in [0.1, 0.15) is 50.9 Å². The van der Waals surface area contributed by atoms with Gasteiger partial charge in [0.1, 0.15) is 0 Å². The lowest BCUT2D eigenvalue weighted by molar-refractivity contribution is 0.0828. The summed E-state index contributed by atoms with van der Waals surface area (Å²) in [5, 5.41) is 4.44. The summed E-state index contributed by atoms with van der Waals surface area (Å²) in [7, 11) is 2.01. The Hall–Kier alpha value is -0.910. The van der Waals surface area contributed by atoms with Gasteiger partial charge in [0.15, 0.2) is 0 Å². The zero-order valence-corrected chi connectivity index (χ0v) is 14.0. The van der Waals surface area contributed by atoms with Gasteiger partial charge in [0.05, 0.1) is 5.69 Å². The number of hydrogen-bond donors (Lipinski definition) is 2. The molecule has 5 nitrogen and oxygen atoms in total. The molecule has 0 saturated carbocycles. The molecule has 1 aromatic rings. The second kappa shape index (κ2) is 6.90. The van der Waals surface area contributed by atoms with E-state index in [0.29, 0.717) is 0 Å². The zero-order valence-electron chi connectivity index (χ0n) is 14.0. The fourth-order valence-corrected chi connectivity index (χ4v) is 3.44. The Balaban J connectivity index is 2.12. The second-order valence-electron chi connectivity index (χ2n) is 6.88. The van der Waals surface area contributed by atoms with Gasteiger partial charge in [-0.2, -0.15) is 5.10 Å². The smallest absolute Gasteiger partial charge is 0.0596 e. The molecule has 120 valence electrons. The van der Waals surface area contributed by atoms with Gasteiger partial charge >= 0.3 is 0 Å². The normalized spacial score (nSPS) is 19.5. The molecule has 0 amide bonds. The van der Waals surface area contributed by atoms with Crippen LogP contribution in [-0.4, -0.2) is 39.4 Å². The van der Waals surface area contributed by atoms with Crippen molar-refractivity contribution in [1.82, 2.24) is 20.1 Å². The van der Waals surface area contributed by atoms with E-state index in [-0.39, 0.29) is 11.6 Å². The van der Waals surface area contributed by atoms with Gasteiger partial charge in [-0.1, -0.05) is 12.8 Å². The van der Waals surface area contributed by atoms with E-state index in [1.165, 1.54) is 44.5 Å². The second-order valence-corrected chi connectivity index (χ2v) is 6.88. The van der Waals surface area contributed by atoms with Gasteiger partial charge in [-0.3, -0.25) is 20.9 Å². The monoisotopic (exact) mass is 293 g/mol. The Morgan fingerprint density at radius 3 is 2.38 bits per heavy atom. The van der Waals surface area contributed by atoms with E-state index in [1.807, 2.05) is 18.7 Å². The number of nitrogens with two attached hydrogens (primary N) is 1. The van der Waals surface area contributed by atoms with Gasteiger partial charge in [-0.15, -0.1) is 0 Å². The molecule has 2 heterocycles. The molecule has 2 rings (SSSR count). The lowest BCUT2D eigenvalue weighted by Crippen LogP contribution is -2.60. The SMILES string of the molecule is Cc1cc(CC(NN)C(C)(C)N2CCCCCC2)n(C)n1. The average molecular weight is 293 g/mol. The summed E-state index contributed by atoms with van der Waals surface area (Å²) in [4.78, 5) is 2.60. The van der Waals surface area contributed by atoms with Gasteiger partial charge in [0, 0.05) is 30.7 Å². The van der Waals surface area contributed by atoms with Crippen LogP contribution in [0.4, 0.5) is 0 Å². The first-order chi connectivity index (χ1) is 9.95. The van der Waals surface area contributed by atoms with E-state index in [0.717, 1.165) is 12.1 Å². The molecular weight excluding hydrogens is 262 g/mol. The maximum Gasteiger partial charge on any atom is 0.0596 e. The molecule has 1 atom stereocenters. The van der Waals surface area contributed by atoms with Crippen molar-refractivity contribution in [3.8, 4) is 0 Å². The van der Waals surface area contributed by atoms with Crippen LogP contribution in [0.2, 0.25) is 0 Å². The fourth-order valence-electron chi connectivity index (χ4n) is 3.44. The van der Waals surface area contributed by atoms with Crippen molar-refractivity contribution in [3.05, 3.63) is 17.5 Å². The third kappa shape index (κ3) is 3.84. The molecule has 1 fully saturated rings. The molecule has 0 aliphatic carbocycles. The molecule has 0 spiro atoms. The molecule has 1 unspecified atom stereocenters. The predicted molar refractivity (Wildman–Crippen MR) is 86.9 cm³/mol. The molecule has 0 radical (unpaired) electrons. The molecule has 3 N–H and O–H groups in total. The molecule has 1 aliphatic heterocycles. The third-order valence-electron chi connectivity index (χ3n) is 4.99. The molecule has 21 heavy (non-hydrogen) atoms. The average Bonchev–Trinajstić information content (AvgIpc) is 2.66. The topological polar surface area (TPSA) is 59.1 Å². The van der Waals surface area contributed by atoms with Crippen LogP contribution in [-0.2, 0) is 13.5 Å². The van der Waals surface area contributed by atoms with Gasteiger partial charge in [0.25, 0.3) is 0 Å². The van der Waals surface area contributed by atoms with E-state index in [9.17, 15) is 0 Å². The lowest BCUT2D eigenvalue weighted by atomic mass is 9.89. The first-order valence-corrected chi connectivity index (χ1v) is 8.16. The molecule has 1 aromatic heterocycles. The Bertz CT molecular complexity index is 444. The van der Waals surface area contributed by atoms with Crippen LogP contribution in [0.25, 0.3) is 0 Å². The summed E-state index contributed by atoms with van der Waals surface area (Å²) >= 11 is 0. The Morgan fingerprint density at radius 2 is 1.90 bits per heavy atom. The van der Waals surface area contributed by atoms with Crippen LogP contribution in [0.3, 0.4) is 0 Å². The van der Waals surface area contributed by atoms with Crippen molar-refractivity contribution in [2.24, 2.45) is 12.9 Å². The largest absolute Gasteiger partial charge is 0.297 e. The van der Waals surface area contributed by atoms with Crippen LogP contribution in [0.5, 0.6) is 0 Å². The van der Waals surface area contributed by atoms with Crippen LogP contribution < -0.4 is 11.3 Å². The molecule has 1 aliphatic rings. The Kier molecular flexibility index (Phi) is 5.41. The third-order valence-corrected chi connectivity index (χ3v) is 4.99. The molecule has 5 heteroatoms. The molecule has 0 aromatic carbocycles. The van der Waals surface area contributed by atoms with E-state index in [2.05, 4.69) is 35.3 Å². The van der Waals surface area contributed by atoms with Crippen molar-refractivity contribution in [1.29, 1.82) is 0 Å². The highest BCUT2D eigenvalue weighted by Gasteiger charge is 2.35. The maximum atomic E-state index is 5.90. The van der Waals surface area contributed by atoms with Crippen molar-refractivity contribution in [3.63, 3.8) is 0 Å². The quantitative estimate of drug-likeness (QED) is 0.641. The fraction of sp³-hybridized carbons (Fsp3) is 0.812. The minimum atomic E-state index is 0.0390. The molecule has 1 saturated heterocycles. The van der Waals surface area contributed by atoms with Crippen molar-refractivity contribution >= 4 is 0 Å². The minimum absolute atomic E-state index is 0.0390. The highest BCUT2D eigenvalue weighted by Crippen LogP contribution is 2.25. The summed E-state index contributed by atoms with van der Waals surface area (Å²) in [5.41, 5.74) is 5.40. The van der Waals surface area contributed by atoms with Crippen LogP contribution in [0.15, 0.2) is 6.07 Å². The van der Waals surface area contributed by atoms with Crippen molar-refractivity contribution < 1.29 is 0 Å². The molecule has 0 bridgehead atoms. The van der Waals surface area contributed by atoms with Gasteiger partial charge in [-0.05, 0) is 52.8 Å². The zero-order chi connectivity index (χ0) is 15.5. The van der Waals surface area contributed by atoms with E-state index in [4.69, 9.17) is 5.84 Å². The maximum absolute atomic E-state index is 5.90. The first kappa shape index (κ1) is 16.5. The number of rotatable bonds is 5. The number of hydrazine groups is 1. The number of likely N-dealkylation sites (tertiary alicyclic amines) is 1.